The Kier molecular flexibility index (Phi) is 8.10. The first-order valence-corrected chi connectivity index (χ1v) is 8.47. The Bertz CT molecular complexity index is 333. The van der Waals surface area contributed by atoms with E-state index in [1.807, 2.05) is 11.4 Å². The van der Waals surface area contributed by atoms with Gasteiger partial charge < -0.3 is 0 Å². The van der Waals surface area contributed by atoms with Crippen LogP contribution in [-0.2, 0) is 0 Å². The molecule has 0 aliphatic rings. The zero-order valence-electron chi connectivity index (χ0n) is 10.5. The van der Waals surface area contributed by atoms with Crippen molar-refractivity contribution in [3.63, 3.8) is 0 Å². The maximum atomic E-state index is 11.8. The summed E-state index contributed by atoms with van der Waals surface area (Å²) >= 11 is 3.92. The van der Waals surface area contributed by atoms with Crippen LogP contribution in [0.2, 0.25) is 0 Å². The molecule has 0 N–H and O–H groups in total. The number of carbonyl (C=O) groups excluding carboxylic acids is 1. The van der Waals surface area contributed by atoms with Crippen LogP contribution in [0.5, 0.6) is 0 Å². The third kappa shape index (κ3) is 6.55. The highest BCUT2D eigenvalue weighted by Gasteiger charge is 2.07. The predicted octanol–water partition coefficient (Wildman–Crippen LogP) is 5.68. The van der Waals surface area contributed by atoms with Gasteiger partial charge in [0.15, 0.2) is 5.78 Å². The summed E-state index contributed by atoms with van der Waals surface area (Å²) in [6, 6.07) is 1.99. The second-order valence-corrected chi connectivity index (χ2v) is 7.24. The van der Waals surface area contributed by atoms with E-state index in [4.69, 9.17) is 0 Å². The Labute approximate surface area is 122 Å². The molecule has 0 saturated carbocycles. The van der Waals surface area contributed by atoms with Gasteiger partial charge in [0.2, 0.25) is 0 Å². The predicted molar refractivity (Wildman–Crippen MR) is 84.0 cm³/mol. The van der Waals surface area contributed by atoms with Crippen molar-refractivity contribution in [1.82, 2.24) is 0 Å². The molecule has 0 radical (unpaired) electrons. The van der Waals surface area contributed by atoms with Crippen LogP contribution in [0.3, 0.4) is 0 Å². The van der Waals surface area contributed by atoms with Gasteiger partial charge in [-0.25, -0.2) is 0 Å². The number of thiophene rings is 1. The summed E-state index contributed by atoms with van der Waals surface area (Å²) in [5, 5.41) is 1.98. The van der Waals surface area contributed by atoms with Crippen LogP contribution >= 0.6 is 33.9 Å². The van der Waals surface area contributed by atoms with Gasteiger partial charge in [0.25, 0.3) is 0 Å². The van der Waals surface area contributed by atoms with Crippen LogP contribution in [0.1, 0.15) is 68.6 Å². The minimum absolute atomic E-state index is 0.317. The molecule has 17 heavy (non-hydrogen) atoms. The fourth-order valence-electron chi connectivity index (χ4n) is 1.84. The maximum Gasteiger partial charge on any atom is 0.163 e. The minimum atomic E-state index is 0.317. The maximum absolute atomic E-state index is 11.8. The van der Waals surface area contributed by atoms with Gasteiger partial charge >= 0.3 is 0 Å². The number of rotatable bonds is 9. The number of carbonyl (C=O) groups is 1. The van der Waals surface area contributed by atoms with E-state index in [0.29, 0.717) is 5.78 Å². The Balaban J connectivity index is 2.05. The van der Waals surface area contributed by atoms with E-state index in [9.17, 15) is 4.79 Å². The van der Waals surface area contributed by atoms with Gasteiger partial charge in [-0.1, -0.05) is 45.4 Å². The van der Waals surface area contributed by atoms with Crippen LogP contribution in [0.15, 0.2) is 11.4 Å². The minimum Gasteiger partial charge on any atom is -0.294 e. The third-order valence-corrected chi connectivity index (χ3v) is 4.69. The SMILES string of the molecule is CCCCCCCCCC(=O)c1csc(I)c1. The molecule has 1 heterocycles. The van der Waals surface area contributed by atoms with E-state index in [1.165, 1.54) is 41.4 Å². The molecular weight excluding hydrogens is 343 g/mol. The van der Waals surface area contributed by atoms with Gasteiger partial charge in [-0.15, -0.1) is 11.3 Å². The Morgan fingerprint density at radius 2 is 1.82 bits per heavy atom. The Morgan fingerprint density at radius 3 is 2.41 bits per heavy atom. The van der Waals surface area contributed by atoms with Gasteiger partial charge in [-0.2, -0.15) is 0 Å². The molecule has 0 atom stereocenters. The van der Waals surface area contributed by atoms with Gasteiger partial charge in [-0.3, -0.25) is 4.79 Å². The van der Waals surface area contributed by atoms with Crippen molar-refractivity contribution in [1.29, 1.82) is 0 Å². The molecular formula is C14H21IOS. The summed E-state index contributed by atoms with van der Waals surface area (Å²) in [6.07, 6.45) is 9.61. The van der Waals surface area contributed by atoms with Crippen LogP contribution in [0.25, 0.3) is 0 Å². The lowest BCUT2D eigenvalue weighted by Crippen LogP contribution is -1.96. The highest BCUT2D eigenvalue weighted by Crippen LogP contribution is 2.19. The smallest absolute Gasteiger partial charge is 0.163 e. The normalized spacial score (nSPS) is 10.7. The first-order chi connectivity index (χ1) is 8.24. The van der Waals surface area contributed by atoms with Crippen molar-refractivity contribution in [2.24, 2.45) is 0 Å². The van der Waals surface area contributed by atoms with Crippen molar-refractivity contribution in [2.45, 2.75) is 58.3 Å². The summed E-state index contributed by atoms with van der Waals surface area (Å²) in [5.41, 5.74) is 0.908. The van der Waals surface area contributed by atoms with E-state index in [0.717, 1.165) is 18.4 Å². The molecule has 0 aliphatic heterocycles. The number of hydrogen-bond donors (Lipinski definition) is 0. The van der Waals surface area contributed by atoms with Crippen molar-refractivity contribution < 1.29 is 4.79 Å². The van der Waals surface area contributed by atoms with Crippen LogP contribution in [0.4, 0.5) is 0 Å². The van der Waals surface area contributed by atoms with E-state index >= 15 is 0 Å². The average Bonchev–Trinajstić information content (AvgIpc) is 2.74. The molecule has 0 unspecified atom stereocenters. The second-order valence-electron chi connectivity index (χ2n) is 4.43. The van der Waals surface area contributed by atoms with Crippen molar-refractivity contribution in [2.75, 3.05) is 0 Å². The third-order valence-electron chi connectivity index (χ3n) is 2.90. The van der Waals surface area contributed by atoms with Gasteiger partial charge in [0.05, 0.1) is 2.88 Å². The zero-order valence-corrected chi connectivity index (χ0v) is 13.5. The highest BCUT2D eigenvalue weighted by molar-refractivity contribution is 14.1. The lowest BCUT2D eigenvalue weighted by atomic mass is 10.0. The Hall–Kier alpha value is 0.1000. The largest absolute Gasteiger partial charge is 0.294 e. The topological polar surface area (TPSA) is 17.1 Å². The molecule has 0 fully saturated rings. The van der Waals surface area contributed by atoms with Crippen molar-refractivity contribution >= 4 is 39.7 Å². The zero-order chi connectivity index (χ0) is 12.5. The highest BCUT2D eigenvalue weighted by atomic mass is 127. The molecule has 0 saturated heterocycles. The molecule has 1 aromatic heterocycles. The Morgan fingerprint density at radius 1 is 1.18 bits per heavy atom. The first-order valence-electron chi connectivity index (χ1n) is 6.51. The first kappa shape index (κ1) is 15.2. The monoisotopic (exact) mass is 364 g/mol. The molecule has 0 aliphatic carbocycles. The van der Waals surface area contributed by atoms with Gasteiger partial charge in [0, 0.05) is 17.4 Å². The average molecular weight is 364 g/mol. The van der Waals surface area contributed by atoms with Crippen molar-refractivity contribution in [3.8, 4) is 0 Å². The molecule has 0 aromatic carbocycles. The fraction of sp³-hybridized carbons (Fsp3) is 0.643. The van der Waals surface area contributed by atoms with E-state index in [-0.39, 0.29) is 0 Å². The lowest BCUT2D eigenvalue weighted by molar-refractivity contribution is 0.0979. The lowest BCUT2D eigenvalue weighted by Gasteiger charge is -2.00. The summed E-state index contributed by atoms with van der Waals surface area (Å²) in [4.78, 5) is 11.8. The van der Waals surface area contributed by atoms with Crippen molar-refractivity contribution in [3.05, 3.63) is 19.9 Å². The number of Topliss-reactive ketones (excluding diaryl/α,β-unsaturated/α-hetero) is 1. The van der Waals surface area contributed by atoms with E-state index in [1.54, 1.807) is 11.3 Å². The van der Waals surface area contributed by atoms with Crippen LogP contribution in [0, 0.1) is 2.88 Å². The summed E-state index contributed by atoms with van der Waals surface area (Å²) in [7, 11) is 0. The number of unbranched alkanes of at least 4 members (excludes halogenated alkanes) is 6. The molecule has 0 bridgehead atoms. The quantitative estimate of drug-likeness (QED) is 0.313. The van der Waals surface area contributed by atoms with E-state index in [2.05, 4.69) is 29.5 Å². The van der Waals surface area contributed by atoms with Gasteiger partial charge in [0.1, 0.15) is 0 Å². The number of ketones is 1. The summed E-state index contributed by atoms with van der Waals surface area (Å²) in [6.45, 7) is 2.24. The standard InChI is InChI=1S/C14H21IOS/c1-2-3-4-5-6-7-8-9-13(16)12-10-14(15)17-11-12/h10-11H,2-9H2,1H3. The summed E-state index contributed by atoms with van der Waals surface area (Å²) in [5.74, 6) is 0.317. The molecule has 3 heteroatoms. The molecule has 1 rings (SSSR count). The molecule has 0 spiro atoms. The fourth-order valence-corrected chi connectivity index (χ4v) is 3.19. The molecule has 1 nitrogen and oxygen atoms in total. The molecule has 1 aromatic rings. The van der Waals surface area contributed by atoms with Crippen LogP contribution in [-0.4, -0.2) is 5.78 Å². The van der Waals surface area contributed by atoms with E-state index < -0.39 is 0 Å². The van der Waals surface area contributed by atoms with Gasteiger partial charge in [-0.05, 0) is 35.1 Å². The van der Waals surface area contributed by atoms with Crippen LogP contribution < -0.4 is 0 Å². The number of halogens is 1. The molecule has 96 valence electrons. The number of hydrogen-bond acceptors (Lipinski definition) is 2. The summed E-state index contributed by atoms with van der Waals surface area (Å²) < 4.78 is 1.20. The molecule has 0 amide bonds. The second kappa shape index (κ2) is 9.09.